The van der Waals surface area contributed by atoms with Gasteiger partial charge in [-0.05, 0) is 0 Å². The molecule has 0 aromatic heterocycles. The number of hydrogen-bond acceptors (Lipinski definition) is 0. The average molecular weight is 542 g/mol. The molecular weight excluding hydrogens is 523 g/mol. The molecule has 134 valence electrons. The predicted octanol–water partition coefficient (Wildman–Crippen LogP) is 0.830. The van der Waals surface area contributed by atoms with Gasteiger partial charge < -0.3 is 17.0 Å². The van der Waals surface area contributed by atoms with Gasteiger partial charge in [-0.1, -0.05) is 0 Å². The van der Waals surface area contributed by atoms with Crippen LogP contribution in [0.15, 0.2) is 120 Å². The van der Waals surface area contributed by atoms with Gasteiger partial charge in [0.25, 0.3) is 0 Å². The van der Waals surface area contributed by atoms with Gasteiger partial charge >= 0.3 is 167 Å². The number of rotatable bonds is 4. The summed E-state index contributed by atoms with van der Waals surface area (Å²) in [6.07, 6.45) is 0. The van der Waals surface area contributed by atoms with Crippen molar-refractivity contribution in [3.05, 3.63) is 120 Å². The third kappa shape index (κ3) is 3.85. The second-order valence-electron chi connectivity index (χ2n) is 6.15. The quantitative estimate of drug-likeness (QED) is 0.336. The van der Waals surface area contributed by atoms with Crippen LogP contribution in [-0.2, 0) is 0 Å². The molecule has 4 aromatic carbocycles. The molecule has 0 bridgehead atoms. The van der Waals surface area contributed by atoms with E-state index in [2.05, 4.69) is 131 Å². The van der Waals surface area contributed by atoms with E-state index < -0.39 is 13.6 Å². The van der Waals surface area contributed by atoms with Gasteiger partial charge in [0.1, 0.15) is 0 Å². The minimum absolute atomic E-state index is 0. The van der Waals surface area contributed by atoms with E-state index in [1.54, 1.807) is 0 Å². The molecule has 0 aliphatic carbocycles. The van der Waals surface area contributed by atoms with Crippen LogP contribution in [0.2, 0.25) is 0 Å². The van der Waals surface area contributed by atoms with E-state index in [4.69, 9.17) is 0 Å². The Kier molecular flexibility index (Phi) is 6.76. The van der Waals surface area contributed by atoms with E-state index in [1.807, 2.05) is 0 Å². The van der Waals surface area contributed by atoms with Crippen molar-refractivity contribution in [1.82, 2.24) is 0 Å². The van der Waals surface area contributed by atoms with Crippen molar-refractivity contribution in [2.45, 2.75) is 0 Å². The Morgan fingerprint density at radius 2 is 0.704 bits per heavy atom. The molecule has 0 aliphatic heterocycles. The fraction of sp³-hybridized carbons (Fsp3) is 0. The Bertz CT molecular complexity index is 872. The Morgan fingerprint density at radius 3 is 1.04 bits per heavy atom. The summed E-state index contributed by atoms with van der Waals surface area (Å²) in [5, 5.41) is 0. The van der Waals surface area contributed by atoms with Crippen molar-refractivity contribution in [2.24, 2.45) is 0 Å². The first kappa shape index (κ1) is 20.1. The SMILES string of the molecule is Brc1ccc([As+](c2ccccc2)(c2ccccc2)c2ccccc2)cc1.[Br-]. The smallest absolute Gasteiger partial charge is 1.00 e. The summed E-state index contributed by atoms with van der Waals surface area (Å²) in [4.78, 5) is 0. The molecule has 0 saturated heterocycles. The van der Waals surface area contributed by atoms with Crippen LogP contribution in [0.25, 0.3) is 0 Å². The summed E-state index contributed by atoms with van der Waals surface area (Å²) in [6.45, 7) is 0. The van der Waals surface area contributed by atoms with Gasteiger partial charge in [0.15, 0.2) is 0 Å². The number of benzene rings is 4. The largest absolute Gasteiger partial charge is 1.00 e. The molecule has 0 nitrogen and oxygen atoms in total. The molecule has 3 heteroatoms. The summed E-state index contributed by atoms with van der Waals surface area (Å²) in [5.41, 5.74) is 0. The van der Waals surface area contributed by atoms with Crippen LogP contribution >= 0.6 is 15.9 Å². The van der Waals surface area contributed by atoms with E-state index in [9.17, 15) is 0 Å². The van der Waals surface area contributed by atoms with Gasteiger partial charge in [-0.3, -0.25) is 0 Å². The maximum absolute atomic E-state index is 3.60. The van der Waals surface area contributed by atoms with E-state index >= 15 is 0 Å². The van der Waals surface area contributed by atoms with Gasteiger partial charge in [-0.15, -0.1) is 0 Å². The summed E-state index contributed by atoms with van der Waals surface area (Å²) < 4.78 is 6.85. The van der Waals surface area contributed by atoms with Crippen molar-refractivity contribution < 1.29 is 17.0 Å². The molecular formula is C24H19AsBr2. The van der Waals surface area contributed by atoms with Crippen LogP contribution in [0.1, 0.15) is 0 Å². The van der Waals surface area contributed by atoms with E-state index in [1.165, 1.54) is 17.4 Å². The summed E-state index contributed by atoms with van der Waals surface area (Å²) >= 11 is 0.784. The number of halogens is 2. The second kappa shape index (κ2) is 9.06. The normalized spacial score (nSPS) is 10.9. The zero-order valence-electron chi connectivity index (χ0n) is 14.7. The van der Waals surface area contributed by atoms with Crippen LogP contribution in [0.5, 0.6) is 0 Å². The summed E-state index contributed by atoms with van der Waals surface area (Å²) in [7, 11) is 0. The van der Waals surface area contributed by atoms with Gasteiger partial charge in [0.05, 0.1) is 0 Å². The maximum atomic E-state index is 3.60. The standard InChI is InChI=1S/C24H19AsBr.BrH/c26-24-18-16-23(17-19-24)25(20-10-4-1-5-11-20,21-12-6-2-7-13-21)22-14-8-3-9-15-22;/h1-19H;1H/q+1;/p-1. The molecule has 4 rings (SSSR count). The van der Waals surface area contributed by atoms with E-state index in [-0.39, 0.29) is 17.0 Å². The molecule has 0 N–H and O–H groups in total. The van der Waals surface area contributed by atoms with Gasteiger partial charge in [0.2, 0.25) is 0 Å². The van der Waals surface area contributed by atoms with Crippen LogP contribution in [-0.4, -0.2) is 13.6 Å². The maximum Gasteiger partial charge on any atom is -1.00 e. The first-order valence-electron chi connectivity index (χ1n) is 8.64. The van der Waals surface area contributed by atoms with Crippen LogP contribution in [0.4, 0.5) is 0 Å². The fourth-order valence-corrected chi connectivity index (χ4v) is 12.7. The van der Waals surface area contributed by atoms with Crippen molar-refractivity contribution >= 4 is 46.9 Å². The molecule has 0 fully saturated rings. The van der Waals surface area contributed by atoms with Crippen LogP contribution < -0.4 is 34.4 Å². The summed E-state index contributed by atoms with van der Waals surface area (Å²) in [6, 6.07) is 42.0. The second-order valence-corrected chi connectivity index (χ2v) is 14.2. The van der Waals surface area contributed by atoms with Crippen molar-refractivity contribution in [3.8, 4) is 0 Å². The zero-order valence-corrected chi connectivity index (χ0v) is 19.7. The molecule has 0 amide bonds. The topological polar surface area (TPSA) is 0 Å². The molecule has 27 heavy (non-hydrogen) atoms. The van der Waals surface area contributed by atoms with Crippen molar-refractivity contribution in [1.29, 1.82) is 0 Å². The Hall–Kier alpha value is -1.60. The molecule has 0 aliphatic rings. The first-order chi connectivity index (χ1) is 12.8. The van der Waals surface area contributed by atoms with Gasteiger partial charge in [0, 0.05) is 0 Å². The molecule has 0 atom stereocenters. The Balaban J connectivity index is 0.00000210. The van der Waals surface area contributed by atoms with Gasteiger partial charge in [-0.25, -0.2) is 0 Å². The predicted molar refractivity (Wildman–Crippen MR) is 118 cm³/mol. The Morgan fingerprint density at radius 1 is 0.407 bits per heavy atom. The van der Waals surface area contributed by atoms with E-state index in [0.717, 1.165) is 4.47 Å². The molecule has 0 saturated carbocycles. The molecule has 0 spiro atoms. The first-order valence-corrected chi connectivity index (χ1v) is 13.2. The third-order valence-corrected chi connectivity index (χ3v) is 14.2. The third-order valence-electron chi connectivity index (χ3n) is 4.64. The van der Waals surface area contributed by atoms with Crippen LogP contribution in [0.3, 0.4) is 0 Å². The van der Waals surface area contributed by atoms with E-state index in [0.29, 0.717) is 0 Å². The molecule has 0 heterocycles. The molecule has 4 aromatic rings. The Labute approximate surface area is 182 Å². The average Bonchev–Trinajstić information content (AvgIpc) is 2.72. The fourth-order valence-electron chi connectivity index (χ4n) is 3.51. The molecule has 0 radical (unpaired) electrons. The monoisotopic (exact) mass is 540 g/mol. The van der Waals surface area contributed by atoms with Crippen molar-refractivity contribution in [2.75, 3.05) is 0 Å². The van der Waals surface area contributed by atoms with Crippen molar-refractivity contribution in [3.63, 3.8) is 0 Å². The van der Waals surface area contributed by atoms with Crippen LogP contribution in [0, 0.1) is 0 Å². The number of hydrogen-bond donors (Lipinski definition) is 0. The van der Waals surface area contributed by atoms with Gasteiger partial charge in [-0.2, -0.15) is 0 Å². The minimum atomic E-state index is -2.82. The summed E-state index contributed by atoms with van der Waals surface area (Å²) in [5.74, 6) is 0. The molecule has 0 unspecified atom stereocenters. The zero-order chi connectivity index (χ0) is 17.8. The minimum Gasteiger partial charge on any atom is -1.00 e.